The second-order valence-electron chi connectivity index (χ2n) is 7.70. The van der Waals surface area contributed by atoms with Crippen LogP contribution < -0.4 is 10.6 Å². The third kappa shape index (κ3) is 4.23. The predicted molar refractivity (Wildman–Crippen MR) is 116 cm³/mol. The molecular weight excluding hydrogens is 408 g/mol. The summed E-state index contributed by atoms with van der Waals surface area (Å²) in [4.78, 5) is 38.6. The average Bonchev–Trinajstić information content (AvgIpc) is 3.30. The smallest absolute Gasteiger partial charge is 0.258 e. The second-order valence-corrected chi connectivity index (χ2v) is 9.24. The Hall–Kier alpha value is -2.18. The molecule has 2 aromatic rings. The summed E-state index contributed by atoms with van der Waals surface area (Å²) in [7, 11) is 0. The molecule has 1 saturated carbocycles. The largest absolute Gasteiger partial charge is 0.322 e. The van der Waals surface area contributed by atoms with Crippen molar-refractivity contribution in [3.8, 4) is 0 Å². The highest BCUT2D eigenvalue weighted by atomic mass is 35.5. The molecule has 0 aliphatic heterocycles. The summed E-state index contributed by atoms with van der Waals surface area (Å²) < 4.78 is 0. The first-order chi connectivity index (χ1) is 14.1. The van der Waals surface area contributed by atoms with Gasteiger partial charge in [-0.3, -0.25) is 9.59 Å². The van der Waals surface area contributed by atoms with E-state index in [1.165, 1.54) is 11.3 Å². The normalized spacial score (nSPS) is 20.7. The maximum atomic E-state index is 13.1. The molecular formula is C22H23ClN2O3S. The van der Waals surface area contributed by atoms with Crippen molar-refractivity contribution in [1.29, 1.82) is 0 Å². The molecule has 0 saturated heterocycles. The number of aldehydes is 1. The Labute approximate surface area is 178 Å². The van der Waals surface area contributed by atoms with Crippen molar-refractivity contribution in [1.82, 2.24) is 0 Å². The third-order valence-corrected chi connectivity index (χ3v) is 7.28. The number of aryl methyl sites for hydroxylation is 1. The molecule has 2 aliphatic carbocycles. The van der Waals surface area contributed by atoms with Crippen molar-refractivity contribution in [2.75, 3.05) is 10.6 Å². The van der Waals surface area contributed by atoms with E-state index in [2.05, 4.69) is 10.6 Å². The zero-order chi connectivity index (χ0) is 20.4. The van der Waals surface area contributed by atoms with Crippen molar-refractivity contribution in [3.05, 3.63) is 45.3 Å². The minimum atomic E-state index is -0.314. The lowest BCUT2D eigenvalue weighted by molar-refractivity contribution is -0.126. The first-order valence-corrected chi connectivity index (χ1v) is 11.2. The lowest BCUT2D eigenvalue weighted by Gasteiger charge is -2.26. The first kappa shape index (κ1) is 20.1. The van der Waals surface area contributed by atoms with Crippen LogP contribution in [0.4, 0.5) is 10.7 Å². The molecule has 152 valence electrons. The summed E-state index contributed by atoms with van der Waals surface area (Å²) >= 11 is 7.41. The summed E-state index contributed by atoms with van der Waals surface area (Å²) in [6.45, 7) is 0. The zero-order valence-electron chi connectivity index (χ0n) is 16.0. The topological polar surface area (TPSA) is 75.3 Å². The van der Waals surface area contributed by atoms with Crippen molar-refractivity contribution in [2.24, 2.45) is 11.8 Å². The van der Waals surface area contributed by atoms with Gasteiger partial charge in [0.25, 0.3) is 5.91 Å². The number of rotatable bonds is 5. The highest BCUT2D eigenvalue weighted by Gasteiger charge is 2.33. The number of nitrogens with one attached hydrogen (secondary N) is 2. The highest BCUT2D eigenvalue weighted by molar-refractivity contribution is 7.17. The molecule has 1 fully saturated rings. The number of carbonyl (C=O) groups excluding carboxylic acids is 3. The number of benzene rings is 1. The number of amides is 2. The van der Waals surface area contributed by atoms with Gasteiger partial charge in [-0.25, -0.2) is 0 Å². The van der Waals surface area contributed by atoms with Gasteiger partial charge in [-0.05, 0) is 61.9 Å². The van der Waals surface area contributed by atoms with Gasteiger partial charge in [-0.2, -0.15) is 0 Å². The molecule has 2 aliphatic rings. The van der Waals surface area contributed by atoms with Crippen molar-refractivity contribution in [3.63, 3.8) is 0 Å². The number of hydrogen-bond acceptors (Lipinski definition) is 4. The summed E-state index contributed by atoms with van der Waals surface area (Å²) in [5.74, 6) is -0.924. The van der Waals surface area contributed by atoms with E-state index in [4.69, 9.17) is 11.6 Å². The number of anilines is 2. The highest BCUT2D eigenvalue weighted by Crippen LogP contribution is 2.40. The summed E-state index contributed by atoms with van der Waals surface area (Å²) in [5, 5.41) is 7.10. The fraction of sp³-hybridized carbons (Fsp3) is 0.409. The Morgan fingerprint density at radius 3 is 2.55 bits per heavy atom. The second kappa shape index (κ2) is 8.67. The molecule has 7 heteroatoms. The van der Waals surface area contributed by atoms with E-state index < -0.39 is 0 Å². The Balaban J connectivity index is 1.57. The molecule has 5 nitrogen and oxygen atoms in total. The SMILES string of the molecule is O=CC1CCCCC1C(=O)Nc1sc2c(c1C(=O)Nc1ccc(Cl)cc1)CCC2. The average molecular weight is 431 g/mol. The van der Waals surface area contributed by atoms with Crippen LogP contribution in [0.5, 0.6) is 0 Å². The molecule has 0 spiro atoms. The lowest BCUT2D eigenvalue weighted by Crippen LogP contribution is -2.33. The van der Waals surface area contributed by atoms with Crippen LogP contribution in [0, 0.1) is 11.8 Å². The first-order valence-electron chi connectivity index (χ1n) is 10.0. The van der Waals surface area contributed by atoms with Gasteiger partial charge < -0.3 is 15.4 Å². The maximum Gasteiger partial charge on any atom is 0.258 e. The van der Waals surface area contributed by atoms with Gasteiger partial charge in [0.05, 0.1) is 5.56 Å². The molecule has 0 bridgehead atoms. The van der Waals surface area contributed by atoms with E-state index >= 15 is 0 Å². The van der Waals surface area contributed by atoms with Crippen molar-refractivity contribution in [2.45, 2.75) is 44.9 Å². The van der Waals surface area contributed by atoms with E-state index in [0.717, 1.165) is 55.3 Å². The van der Waals surface area contributed by atoms with Gasteiger partial charge in [-0.1, -0.05) is 24.4 Å². The van der Waals surface area contributed by atoms with E-state index in [0.29, 0.717) is 27.7 Å². The van der Waals surface area contributed by atoms with Crippen molar-refractivity contribution < 1.29 is 14.4 Å². The van der Waals surface area contributed by atoms with Gasteiger partial charge in [0.1, 0.15) is 11.3 Å². The van der Waals surface area contributed by atoms with E-state index in [1.807, 2.05) is 0 Å². The molecule has 2 N–H and O–H groups in total. The van der Waals surface area contributed by atoms with E-state index in [1.54, 1.807) is 24.3 Å². The molecule has 2 amide bonds. The van der Waals surface area contributed by atoms with Crippen LogP contribution in [0.1, 0.15) is 52.9 Å². The molecule has 0 radical (unpaired) electrons. The van der Waals surface area contributed by atoms with Crippen LogP contribution in [0.2, 0.25) is 5.02 Å². The number of halogens is 1. The van der Waals surface area contributed by atoms with Crippen LogP contribution in [0.3, 0.4) is 0 Å². The number of hydrogen-bond donors (Lipinski definition) is 2. The van der Waals surface area contributed by atoms with E-state index in [-0.39, 0.29) is 23.7 Å². The van der Waals surface area contributed by atoms with Gasteiger partial charge >= 0.3 is 0 Å². The molecule has 1 aromatic heterocycles. The third-order valence-electron chi connectivity index (χ3n) is 5.82. The minimum Gasteiger partial charge on any atom is -0.322 e. The molecule has 2 unspecified atom stereocenters. The summed E-state index contributed by atoms with van der Waals surface area (Å²) in [5.41, 5.74) is 2.25. The van der Waals surface area contributed by atoms with Gasteiger partial charge in [0.15, 0.2) is 0 Å². The monoisotopic (exact) mass is 430 g/mol. The summed E-state index contributed by atoms with van der Waals surface area (Å²) in [6.07, 6.45) is 7.10. The number of fused-ring (bicyclic) bond motifs is 1. The van der Waals surface area contributed by atoms with Gasteiger partial charge in [0, 0.05) is 27.4 Å². The lowest BCUT2D eigenvalue weighted by atomic mass is 9.79. The Morgan fingerprint density at radius 1 is 1.03 bits per heavy atom. The van der Waals surface area contributed by atoms with Crippen LogP contribution in [0.25, 0.3) is 0 Å². The zero-order valence-corrected chi connectivity index (χ0v) is 17.6. The van der Waals surface area contributed by atoms with Crippen LogP contribution >= 0.6 is 22.9 Å². The van der Waals surface area contributed by atoms with E-state index in [9.17, 15) is 14.4 Å². The molecule has 1 heterocycles. The Morgan fingerprint density at radius 2 is 1.79 bits per heavy atom. The standard InChI is InChI=1S/C22H23ClN2O3S/c23-14-8-10-15(11-9-14)24-21(28)19-17-6-3-7-18(17)29-22(19)25-20(27)16-5-2-1-4-13(16)12-26/h8-13,16H,1-7H2,(H,24,28)(H,25,27). The Bertz CT molecular complexity index is 938. The van der Waals surface area contributed by atoms with Crippen LogP contribution in [0.15, 0.2) is 24.3 Å². The molecule has 29 heavy (non-hydrogen) atoms. The van der Waals surface area contributed by atoms with Crippen LogP contribution in [-0.2, 0) is 22.4 Å². The van der Waals surface area contributed by atoms with Gasteiger partial charge in [-0.15, -0.1) is 11.3 Å². The maximum absolute atomic E-state index is 13.1. The van der Waals surface area contributed by atoms with Crippen molar-refractivity contribution >= 4 is 51.7 Å². The minimum absolute atomic E-state index is 0.151. The molecule has 4 rings (SSSR count). The summed E-state index contributed by atoms with van der Waals surface area (Å²) in [6, 6.07) is 6.95. The van der Waals surface area contributed by atoms with Crippen LogP contribution in [-0.4, -0.2) is 18.1 Å². The predicted octanol–water partition coefficient (Wildman–Crippen LogP) is 5.09. The quantitative estimate of drug-likeness (QED) is 0.649. The molecule has 2 atom stereocenters. The Kier molecular flexibility index (Phi) is 6.01. The number of thiophene rings is 1. The number of carbonyl (C=O) groups is 3. The van der Waals surface area contributed by atoms with Gasteiger partial charge in [0.2, 0.25) is 5.91 Å². The fourth-order valence-electron chi connectivity index (χ4n) is 4.31. The molecule has 1 aromatic carbocycles. The fourth-order valence-corrected chi connectivity index (χ4v) is 5.73.